The molecule has 2 aliphatic carbocycles. The summed E-state index contributed by atoms with van der Waals surface area (Å²) in [6.07, 6.45) is 15.5. The van der Waals surface area contributed by atoms with Crippen LogP contribution in [-0.2, 0) is 5.41 Å². The molecule has 34 heavy (non-hydrogen) atoms. The molecule has 4 aromatic rings. The second-order valence-electron chi connectivity index (χ2n) is 9.74. The van der Waals surface area contributed by atoms with E-state index in [-0.39, 0.29) is 5.41 Å². The summed E-state index contributed by atoms with van der Waals surface area (Å²) in [7, 11) is 0. The minimum atomic E-state index is 0.163. The lowest BCUT2D eigenvalue weighted by Crippen LogP contribution is -2.28. The molecule has 0 heterocycles. The fourth-order valence-electron chi connectivity index (χ4n) is 5.94. The van der Waals surface area contributed by atoms with E-state index in [1.54, 1.807) is 11.1 Å². The molecule has 0 amide bonds. The highest BCUT2D eigenvalue weighted by Gasteiger charge is 2.43. The van der Waals surface area contributed by atoms with Crippen LogP contribution in [0.1, 0.15) is 65.5 Å². The van der Waals surface area contributed by atoms with Gasteiger partial charge in [0.05, 0.1) is 0 Å². The van der Waals surface area contributed by atoms with Crippen molar-refractivity contribution in [2.45, 2.75) is 37.5 Å². The minimum absolute atomic E-state index is 0.163. The van der Waals surface area contributed by atoms with Crippen molar-refractivity contribution in [3.63, 3.8) is 0 Å². The summed E-state index contributed by atoms with van der Waals surface area (Å²) in [5.74, 6) is 0. The molecule has 0 N–H and O–H groups in total. The van der Waals surface area contributed by atoms with Crippen molar-refractivity contribution < 1.29 is 0 Å². The topological polar surface area (TPSA) is 0 Å². The highest BCUT2D eigenvalue weighted by molar-refractivity contribution is 5.85. The van der Waals surface area contributed by atoms with E-state index in [4.69, 9.17) is 0 Å². The Bertz CT molecular complexity index is 1250. The molecular formula is C34H30. The Labute approximate surface area is 203 Å². The van der Waals surface area contributed by atoms with E-state index in [2.05, 4.69) is 121 Å². The van der Waals surface area contributed by atoms with Gasteiger partial charge < -0.3 is 0 Å². The predicted molar refractivity (Wildman–Crippen MR) is 146 cm³/mol. The smallest absolute Gasteiger partial charge is 0.0215 e. The molecule has 0 nitrogen and oxygen atoms in total. The van der Waals surface area contributed by atoms with E-state index < -0.39 is 0 Å². The summed E-state index contributed by atoms with van der Waals surface area (Å²) in [6, 6.07) is 35.4. The van der Waals surface area contributed by atoms with Crippen LogP contribution >= 0.6 is 0 Å². The Kier molecular flexibility index (Phi) is 5.51. The summed E-state index contributed by atoms with van der Waals surface area (Å²) < 4.78 is 0. The predicted octanol–water partition coefficient (Wildman–Crippen LogP) is 9.26. The van der Waals surface area contributed by atoms with Crippen molar-refractivity contribution in [2.75, 3.05) is 0 Å². The van der Waals surface area contributed by atoms with Crippen LogP contribution in [0.25, 0.3) is 35.4 Å². The molecule has 0 aromatic heterocycles. The third-order valence-corrected chi connectivity index (χ3v) is 7.65. The first-order chi connectivity index (χ1) is 16.8. The maximum absolute atomic E-state index is 2.47. The van der Waals surface area contributed by atoms with Crippen LogP contribution in [0.15, 0.2) is 97.1 Å². The van der Waals surface area contributed by atoms with Crippen LogP contribution in [-0.4, -0.2) is 0 Å². The lowest BCUT2D eigenvalue weighted by Gasteiger charge is -2.36. The molecule has 0 aliphatic heterocycles. The monoisotopic (exact) mass is 438 g/mol. The summed E-state index contributed by atoms with van der Waals surface area (Å²) in [5, 5.41) is 0. The molecule has 0 bridgehead atoms. The van der Waals surface area contributed by atoms with E-state index >= 15 is 0 Å². The Balaban J connectivity index is 1.39. The molecule has 166 valence electrons. The lowest BCUT2D eigenvalue weighted by atomic mass is 9.67. The van der Waals surface area contributed by atoms with Crippen LogP contribution in [0, 0.1) is 0 Å². The first-order valence-corrected chi connectivity index (χ1v) is 12.6. The maximum atomic E-state index is 2.47. The lowest BCUT2D eigenvalue weighted by molar-refractivity contribution is 0.353. The highest BCUT2D eigenvalue weighted by Crippen LogP contribution is 2.56. The van der Waals surface area contributed by atoms with Crippen molar-refractivity contribution in [1.82, 2.24) is 0 Å². The number of fused-ring (bicyclic) bond motifs is 5. The van der Waals surface area contributed by atoms with Gasteiger partial charge in [-0.1, -0.05) is 141 Å². The largest absolute Gasteiger partial charge is 0.0622 e. The van der Waals surface area contributed by atoms with Crippen LogP contribution in [0.3, 0.4) is 0 Å². The van der Waals surface area contributed by atoms with Gasteiger partial charge in [0.1, 0.15) is 0 Å². The Morgan fingerprint density at radius 2 is 0.882 bits per heavy atom. The van der Waals surface area contributed by atoms with Gasteiger partial charge in [-0.3, -0.25) is 0 Å². The molecular weight excluding hydrogens is 408 g/mol. The Morgan fingerprint density at radius 1 is 0.441 bits per heavy atom. The average Bonchev–Trinajstić information content (AvgIpc) is 3.16. The van der Waals surface area contributed by atoms with E-state index in [0.29, 0.717) is 0 Å². The van der Waals surface area contributed by atoms with Gasteiger partial charge in [-0.2, -0.15) is 0 Å². The fraction of sp³-hybridized carbons (Fsp3) is 0.176. The number of rotatable bonds is 4. The van der Waals surface area contributed by atoms with Crippen molar-refractivity contribution in [3.8, 4) is 11.1 Å². The number of hydrogen-bond acceptors (Lipinski definition) is 0. The van der Waals surface area contributed by atoms with Gasteiger partial charge in [-0.15, -0.1) is 0 Å². The average molecular weight is 439 g/mol. The van der Waals surface area contributed by atoms with Gasteiger partial charge in [0.25, 0.3) is 0 Å². The molecule has 0 atom stereocenters. The van der Waals surface area contributed by atoms with Crippen LogP contribution < -0.4 is 0 Å². The zero-order valence-corrected chi connectivity index (χ0v) is 19.6. The molecule has 0 saturated heterocycles. The summed E-state index contributed by atoms with van der Waals surface area (Å²) in [6.45, 7) is 0. The first-order valence-electron chi connectivity index (χ1n) is 12.6. The first kappa shape index (κ1) is 20.9. The molecule has 2 aliphatic rings. The van der Waals surface area contributed by atoms with Gasteiger partial charge in [-0.25, -0.2) is 0 Å². The zero-order valence-electron chi connectivity index (χ0n) is 19.6. The number of hydrogen-bond donors (Lipinski definition) is 0. The van der Waals surface area contributed by atoms with Crippen molar-refractivity contribution in [2.24, 2.45) is 0 Å². The van der Waals surface area contributed by atoms with Gasteiger partial charge in [0, 0.05) is 5.41 Å². The number of benzene rings is 4. The van der Waals surface area contributed by atoms with E-state index in [1.807, 2.05) is 0 Å². The van der Waals surface area contributed by atoms with Crippen LogP contribution in [0.5, 0.6) is 0 Å². The Hall–Kier alpha value is -3.64. The van der Waals surface area contributed by atoms with Crippen LogP contribution in [0.4, 0.5) is 0 Å². The molecule has 0 heteroatoms. The summed E-state index contributed by atoms with van der Waals surface area (Å²) in [4.78, 5) is 0. The standard InChI is InChI=1S/C34H30/c1-4-10-26(11-5-1)14-16-28-18-20-30-31-21-19-29(17-15-27-12-6-2-7-13-27)25-33(31)34(32(30)24-28)22-8-3-9-23-34/h1-2,4-7,10-21,24-25H,3,8-9,22-23H2/b16-14+,17-15+. The third-order valence-electron chi connectivity index (χ3n) is 7.65. The third kappa shape index (κ3) is 3.84. The van der Waals surface area contributed by atoms with Gasteiger partial charge in [0.2, 0.25) is 0 Å². The summed E-state index contributed by atoms with van der Waals surface area (Å²) >= 11 is 0. The minimum Gasteiger partial charge on any atom is -0.0622 e. The quantitative estimate of drug-likeness (QED) is 0.278. The fourth-order valence-corrected chi connectivity index (χ4v) is 5.94. The van der Waals surface area contributed by atoms with Crippen LogP contribution in [0.2, 0.25) is 0 Å². The molecule has 4 aromatic carbocycles. The Morgan fingerprint density at radius 3 is 1.35 bits per heavy atom. The molecule has 1 saturated carbocycles. The van der Waals surface area contributed by atoms with E-state index in [0.717, 1.165) is 0 Å². The molecule has 1 fully saturated rings. The molecule has 0 radical (unpaired) electrons. The SMILES string of the molecule is C(=C\c1ccc2c(c1)C1(CCCCC1)c1cc(/C=C/c3ccccc3)ccc1-2)/c1ccccc1. The van der Waals surface area contributed by atoms with Gasteiger partial charge in [-0.05, 0) is 57.3 Å². The van der Waals surface area contributed by atoms with Crippen molar-refractivity contribution >= 4 is 24.3 Å². The maximum Gasteiger partial charge on any atom is 0.0215 e. The van der Waals surface area contributed by atoms with Gasteiger partial charge >= 0.3 is 0 Å². The molecule has 6 rings (SSSR count). The molecule has 0 unspecified atom stereocenters. The van der Waals surface area contributed by atoms with E-state index in [1.165, 1.54) is 65.5 Å². The van der Waals surface area contributed by atoms with Crippen molar-refractivity contribution in [1.29, 1.82) is 0 Å². The van der Waals surface area contributed by atoms with Crippen molar-refractivity contribution in [3.05, 3.63) is 130 Å². The van der Waals surface area contributed by atoms with E-state index in [9.17, 15) is 0 Å². The van der Waals surface area contributed by atoms with Gasteiger partial charge in [0.15, 0.2) is 0 Å². The second-order valence-corrected chi connectivity index (χ2v) is 9.74. The normalized spacial score (nSPS) is 16.2. The highest BCUT2D eigenvalue weighted by atomic mass is 14.5. The molecule has 1 spiro atoms. The second kappa shape index (κ2) is 8.95. The zero-order chi connectivity index (χ0) is 22.8. The summed E-state index contributed by atoms with van der Waals surface area (Å²) in [5.41, 5.74) is 11.2.